The minimum Gasteiger partial charge on any atom is -0.339 e. The van der Waals surface area contributed by atoms with E-state index in [9.17, 15) is 9.59 Å². The molecule has 1 aliphatic heterocycles. The summed E-state index contributed by atoms with van der Waals surface area (Å²) < 4.78 is 3.18. The first-order valence-corrected chi connectivity index (χ1v) is 10.7. The Labute approximate surface area is 174 Å². The predicted molar refractivity (Wildman–Crippen MR) is 113 cm³/mol. The molecule has 1 amide bonds. The predicted octanol–water partition coefficient (Wildman–Crippen LogP) is 2.86. The monoisotopic (exact) mass is 403 g/mol. The number of piperidine rings is 1. The van der Waals surface area contributed by atoms with E-state index in [0.717, 1.165) is 31.5 Å². The Kier molecular flexibility index (Phi) is 4.94. The van der Waals surface area contributed by atoms with Gasteiger partial charge in [-0.2, -0.15) is 5.10 Å². The van der Waals surface area contributed by atoms with Crippen LogP contribution in [0.5, 0.6) is 0 Å². The zero-order valence-electron chi connectivity index (χ0n) is 16.9. The molecule has 5 rings (SSSR count). The minimum atomic E-state index is -0.109. The largest absolute Gasteiger partial charge is 0.339 e. The van der Waals surface area contributed by atoms with Gasteiger partial charge < -0.3 is 4.90 Å². The fraction of sp³-hybridized carbons (Fsp3) is 0.391. The highest BCUT2D eigenvalue weighted by Crippen LogP contribution is 2.42. The van der Waals surface area contributed by atoms with Crippen molar-refractivity contribution in [3.05, 3.63) is 76.3 Å². The van der Waals surface area contributed by atoms with Crippen molar-refractivity contribution in [1.29, 1.82) is 0 Å². The van der Waals surface area contributed by atoms with E-state index in [-0.39, 0.29) is 11.5 Å². The normalized spacial score (nSPS) is 17.3. The molecule has 0 N–H and O–H groups in total. The molecule has 0 radical (unpaired) electrons. The third-order valence-electron chi connectivity index (χ3n) is 6.13. The smallest absolute Gasteiger partial charge is 0.266 e. The summed E-state index contributed by atoms with van der Waals surface area (Å²) in [7, 11) is 0. The molecule has 7 nitrogen and oxygen atoms in total. The number of carbonyl (C=O) groups is 1. The number of aromatic nitrogens is 4. The maximum Gasteiger partial charge on any atom is 0.266 e. The highest BCUT2D eigenvalue weighted by atomic mass is 16.2. The van der Waals surface area contributed by atoms with Crippen LogP contribution in [0.3, 0.4) is 0 Å². The number of carbonyl (C=O) groups excluding carboxylic acids is 1. The average molecular weight is 403 g/mol. The van der Waals surface area contributed by atoms with Gasteiger partial charge in [0.25, 0.3) is 11.5 Å². The molecule has 1 saturated carbocycles. The summed E-state index contributed by atoms with van der Waals surface area (Å²) in [6, 6.07) is 13.1. The molecule has 30 heavy (non-hydrogen) atoms. The van der Waals surface area contributed by atoms with Crippen molar-refractivity contribution in [3.63, 3.8) is 0 Å². The lowest BCUT2D eigenvalue weighted by Crippen LogP contribution is -2.40. The summed E-state index contributed by atoms with van der Waals surface area (Å²) in [5.74, 6) is 1.66. The third kappa shape index (κ3) is 3.79. The van der Waals surface area contributed by atoms with E-state index < -0.39 is 0 Å². The van der Waals surface area contributed by atoms with Crippen molar-refractivity contribution < 1.29 is 4.79 Å². The lowest BCUT2D eigenvalue weighted by atomic mass is 9.95. The van der Waals surface area contributed by atoms with Gasteiger partial charge in [0.1, 0.15) is 0 Å². The first-order valence-electron chi connectivity index (χ1n) is 10.7. The summed E-state index contributed by atoms with van der Waals surface area (Å²) in [6.07, 6.45) is 7.61. The van der Waals surface area contributed by atoms with Crippen LogP contribution in [0.25, 0.3) is 5.82 Å². The Balaban J connectivity index is 1.24. The molecule has 1 saturated heterocycles. The quantitative estimate of drug-likeness (QED) is 0.657. The number of hydrogen-bond donors (Lipinski definition) is 0. The van der Waals surface area contributed by atoms with Gasteiger partial charge in [-0.05, 0) is 61.3 Å². The maximum absolute atomic E-state index is 13.1. The molecule has 1 aliphatic carbocycles. The van der Waals surface area contributed by atoms with E-state index in [1.807, 2.05) is 29.2 Å². The summed E-state index contributed by atoms with van der Waals surface area (Å²) in [5.41, 5.74) is 1.96. The number of benzene rings is 1. The number of amides is 1. The average Bonchev–Trinajstić information content (AvgIpc) is 3.49. The molecule has 0 atom stereocenters. The molecule has 0 spiro atoms. The van der Waals surface area contributed by atoms with Crippen molar-refractivity contribution >= 4 is 5.91 Å². The van der Waals surface area contributed by atoms with Crippen LogP contribution < -0.4 is 5.56 Å². The fourth-order valence-electron chi connectivity index (χ4n) is 4.27. The second-order valence-electron chi connectivity index (χ2n) is 8.26. The molecular formula is C23H25N5O2. The van der Waals surface area contributed by atoms with Crippen molar-refractivity contribution in [1.82, 2.24) is 24.5 Å². The molecule has 7 heteroatoms. The topological polar surface area (TPSA) is 73.0 Å². The third-order valence-corrected chi connectivity index (χ3v) is 6.13. The SMILES string of the molecule is O=C(c1ccccc1C1CC1)N1CCC(Cn2nc(-n3cccn3)ccc2=O)CC1. The molecule has 2 aromatic heterocycles. The van der Waals surface area contributed by atoms with Gasteiger partial charge in [-0.1, -0.05) is 18.2 Å². The van der Waals surface area contributed by atoms with Crippen LogP contribution >= 0.6 is 0 Å². The second kappa shape index (κ2) is 7.89. The molecule has 154 valence electrons. The van der Waals surface area contributed by atoms with E-state index in [0.29, 0.717) is 24.2 Å². The summed E-state index contributed by atoms with van der Waals surface area (Å²) in [4.78, 5) is 27.3. The Bertz CT molecular complexity index is 1090. The molecular weight excluding hydrogens is 378 g/mol. The van der Waals surface area contributed by atoms with E-state index in [2.05, 4.69) is 16.3 Å². The standard InChI is InChI=1S/C23H25N5O2/c29-22-9-8-21(27-13-3-12-24-27)25-28(22)16-17-10-14-26(15-11-17)23(30)20-5-2-1-4-19(20)18-6-7-18/h1-5,8-9,12-13,17-18H,6-7,10-11,14-16H2. The number of rotatable bonds is 5. The maximum atomic E-state index is 13.1. The van der Waals surface area contributed by atoms with Crippen molar-refractivity contribution in [3.8, 4) is 5.82 Å². The summed E-state index contributed by atoms with van der Waals surface area (Å²) >= 11 is 0. The lowest BCUT2D eigenvalue weighted by Gasteiger charge is -2.32. The van der Waals surface area contributed by atoms with Crippen LogP contribution in [0.15, 0.2) is 59.7 Å². The van der Waals surface area contributed by atoms with Crippen LogP contribution in [-0.4, -0.2) is 43.5 Å². The summed E-state index contributed by atoms with van der Waals surface area (Å²) in [6.45, 7) is 2.00. The van der Waals surface area contributed by atoms with Crippen LogP contribution in [0, 0.1) is 5.92 Å². The van der Waals surface area contributed by atoms with Gasteiger partial charge in [-0.15, -0.1) is 5.10 Å². The van der Waals surface area contributed by atoms with Crippen LogP contribution in [-0.2, 0) is 6.54 Å². The van der Waals surface area contributed by atoms with Crippen molar-refractivity contribution in [2.24, 2.45) is 5.92 Å². The van der Waals surface area contributed by atoms with Gasteiger partial charge in [0.15, 0.2) is 5.82 Å². The van der Waals surface area contributed by atoms with E-state index >= 15 is 0 Å². The Morgan fingerprint density at radius 2 is 1.80 bits per heavy atom. The summed E-state index contributed by atoms with van der Waals surface area (Å²) in [5, 5.41) is 8.65. The zero-order chi connectivity index (χ0) is 20.5. The fourth-order valence-corrected chi connectivity index (χ4v) is 4.27. The van der Waals surface area contributed by atoms with Crippen LogP contribution in [0.1, 0.15) is 47.5 Å². The van der Waals surface area contributed by atoms with Crippen LogP contribution in [0.2, 0.25) is 0 Å². The number of hydrogen-bond acceptors (Lipinski definition) is 4. The molecule has 2 fully saturated rings. The Morgan fingerprint density at radius 1 is 1.00 bits per heavy atom. The highest BCUT2D eigenvalue weighted by Gasteiger charge is 2.30. The zero-order valence-corrected chi connectivity index (χ0v) is 16.9. The van der Waals surface area contributed by atoms with E-state index in [1.165, 1.54) is 29.2 Å². The van der Waals surface area contributed by atoms with Gasteiger partial charge in [-0.3, -0.25) is 9.59 Å². The first-order chi connectivity index (χ1) is 14.7. The van der Waals surface area contributed by atoms with Gasteiger partial charge >= 0.3 is 0 Å². The van der Waals surface area contributed by atoms with Crippen molar-refractivity contribution in [2.45, 2.75) is 38.1 Å². The van der Waals surface area contributed by atoms with Crippen molar-refractivity contribution in [2.75, 3.05) is 13.1 Å². The van der Waals surface area contributed by atoms with Crippen LogP contribution in [0.4, 0.5) is 0 Å². The Hall–Kier alpha value is -3.22. The molecule has 1 aromatic carbocycles. The van der Waals surface area contributed by atoms with Gasteiger partial charge in [-0.25, -0.2) is 9.36 Å². The molecule has 3 heterocycles. The Morgan fingerprint density at radius 3 is 2.53 bits per heavy atom. The molecule has 0 unspecified atom stereocenters. The molecule has 0 bridgehead atoms. The lowest BCUT2D eigenvalue weighted by molar-refractivity contribution is 0.0679. The van der Waals surface area contributed by atoms with E-state index in [4.69, 9.17) is 0 Å². The number of likely N-dealkylation sites (tertiary alicyclic amines) is 1. The van der Waals surface area contributed by atoms with Gasteiger partial charge in [0.05, 0.1) is 0 Å². The minimum absolute atomic E-state index is 0.109. The van der Waals surface area contributed by atoms with Gasteiger partial charge in [0, 0.05) is 43.7 Å². The molecule has 2 aliphatic rings. The van der Waals surface area contributed by atoms with Gasteiger partial charge in [0.2, 0.25) is 0 Å². The number of nitrogens with zero attached hydrogens (tertiary/aromatic N) is 5. The second-order valence-corrected chi connectivity index (χ2v) is 8.26. The van der Waals surface area contributed by atoms with E-state index in [1.54, 1.807) is 23.1 Å². The highest BCUT2D eigenvalue weighted by molar-refractivity contribution is 5.96. The molecule has 3 aromatic rings. The first kappa shape index (κ1) is 18.8.